The molecule has 1 saturated heterocycles. The van der Waals surface area contributed by atoms with E-state index in [0.29, 0.717) is 11.5 Å². The third-order valence-corrected chi connectivity index (χ3v) is 9.50. The fourth-order valence-corrected chi connectivity index (χ4v) is 6.89. The van der Waals surface area contributed by atoms with Gasteiger partial charge in [-0.15, -0.1) is 0 Å². The van der Waals surface area contributed by atoms with Crippen LogP contribution in [0.5, 0.6) is 0 Å². The van der Waals surface area contributed by atoms with Gasteiger partial charge in [0.05, 0.1) is 6.10 Å². The highest BCUT2D eigenvalue weighted by atomic mass is 16.5. The molecule has 1 aliphatic heterocycles. The summed E-state index contributed by atoms with van der Waals surface area (Å²) in [5, 5.41) is 0. The van der Waals surface area contributed by atoms with Gasteiger partial charge in [0.2, 0.25) is 0 Å². The lowest BCUT2D eigenvalue weighted by molar-refractivity contribution is -0.108. The van der Waals surface area contributed by atoms with E-state index in [1.165, 1.54) is 154 Å². The molecule has 0 aromatic heterocycles. The Morgan fingerprint density at radius 2 is 1.14 bits per heavy atom. The van der Waals surface area contributed by atoms with Crippen molar-refractivity contribution in [1.29, 1.82) is 0 Å². The lowest BCUT2D eigenvalue weighted by atomic mass is 9.61. The van der Waals surface area contributed by atoms with Gasteiger partial charge in [0.25, 0.3) is 0 Å². The molecule has 2 heteroatoms. The van der Waals surface area contributed by atoms with Crippen LogP contribution < -0.4 is 0 Å². The highest BCUT2D eigenvalue weighted by Gasteiger charge is 2.46. The maximum Gasteiger partial charge on any atom is 0.0585 e. The zero-order valence-corrected chi connectivity index (χ0v) is 24.8. The number of unbranched alkanes of at least 4 members (excludes halogenated alkanes) is 8. The minimum Gasteiger partial charge on any atom is -0.378 e. The zero-order valence-electron chi connectivity index (χ0n) is 24.8. The number of ether oxygens (including phenoxy) is 1. The molecule has 1 saturated carbocycles. The first-order valence-corrected chi connectivity index (χ1v) is 16.5. The highest BCUT2D eigenvalue weighted by molar-refractivity contribution is 4.98. The monoisotopic (exact) mass is 492 g/mol. The number of piperidine rings is 1. The van der Waals surface area contributed by atoms with Crippen molar-refractivity contribution < 1.29 is 4.74 Å². The van der Waals surface area contributed by atoms with Crippen LogP contribution in [0.3, 0.4) is 0 Å². The second-order valence-electron chi connectivity index (χ2n) is 12.7. The molecule has 1 spiro atoms. The molecule has 2 rings (SSSR count). The van der Waals surface area contributed by atoms with Crippen LogP contribution in [0.25, 0.3) is 0 Å². The standard InChI is InChI=1S/C33H65NO/c1-5-9-13-16-20-31(19-15-11-7-3)29-34-24-22-33(23-25-34)27-32(28-33)35-26-21-30(17-12-8-4)18-14-10-6-2/h30-32H,5-29H2,1-4H3. The zero-order chi connectivity index (χ0) is 25.2. The van der Waals surface area contributed by atoms with Crippen LogP contribution in [-0.4, -0.2) is 37.2 Å². The first-order chi connectivity index (χ1) is 17.1. The van der Waals surface area contributed by atoms with Crippen LogP contribution in [0.1, 0.15) is 163 Å². The largest absolute Gasteiger partial charge is 0.378 e. The summed E-state index contributed by atoms with van der Waals surface area (Å²) in [5.41, 5.74) is 0.642. The van der Waals surface area contributed by atoms with Crippen molar-refractivity contribution in [1.82, 2.24) is 4.90 Å². The van der Waals surface area contributed by atoms with Crippen molar-refractivity contribution in [3.8, 4) is 0 Å². The van der Waals surface area contributed by atoms with E-state index in [9.17, 15) is 0 Å². The van der Waals surface area contributed by atoms with Crippen LogP contribution in [0.2, 0.25) is 0 Å². The van der Waals surface area contributed by atoms with E-state index in [-0.39, 0.29) is 0 Å². The quantitative estimate of drug-likeness (QED) is 0.140. The first-order valence-electron chi connectivity index (χ1n) is 16.5. The van der Waals surface area contributed by atoms with E-state index in [1.807, 2.05) is 0 Å². The first kappa shape index (κ1) is 31.1. The SMILES string of the molecule is CCCCCCC(CCCCC)CN1CCC2(CC1)CC(OCCC(CCCC)CCCCC)C2. The average molecular weight is 492 g/mol. The fourth-order valence-electron chi connectivity index (χ4n) is 6.89. The Bertz CT molecular complexity index is 475. The van der Waals surface area contributed by atoms with Gasteiger partial charge >= 0.3 is 0 Å². The van der Waals surface area contributed by atoms with Crippen LogP contribution in [0.4, 0.5) is 0 Å². The second-order valence-corrected chi connectivity index (χ2v) is 12.7. The average Bonchev–Trinajstić information content (AvgIpc) is 2.84. The third-order valence-electron chi connectivity index (χ3n) is 9.50. The van der Waals surface area contributed by atoms with E-state index in [1.54, 1.807) is 0 Å². The number of hydrogen-bond donors (Lipinski definition) is 0. The van der Waals surface area contributed by atoms with Crippen LogP contribution in [0.15, 0.2) is 0 Å². The molecule has 208 valence electrons. The number of likely N-dealkylation sites (tertiary alicyclic amines) is 1. The van der Waals surface area contributed by atoms with Crippen LogP contribution >= 0.6 is 0 Å². The van der Waals surface area contributed by atoms with Crippen molar-refractivity contribution in [3.05, 3.63) is 0 Å². The Hall–Kier alpha value is -0.0800. The summed E-state index contributed by atoms with van der Waals surface area (Å²) >= 11 is 0. The van der Waals surface area contributed by atoms with Gasteiger partial charge in [0.15, 0.2) is 0 Å². The predicted octanol–water partition coefficient (Wildman–Crippen LogP) is 10.2. The molecular weight excluding hydrogens is 426 g/mol. The Labute approximate surface area is 221 Å². The summed E-state index contributed by atoms with van der Waals surface area (Å²) < 4.78 is 6.42. The molecule has 0 aromatic carbocycles. The molecule has 0 amide bonds. The molecule has 35 heavy (non-hydrogen) atoms. The third kappa shape index (κ3) is 12.8. The van der Waals surface area contributed by atoms with Gasteiger partial charge in [0.1, 0.15) is 0 Å². The summed E-state index contributed by atoms with van der Waals surface area (Å²) in [6.07, 6.45) is 30.1. The number of hydrogen-bond acceptors (Lipinski definition) is 2. The second kappa shape index (κ2) is 19.1. The van der Waals surface area contributed by atoms with E-state index in [0.717, 1.165) is 18.4 Å². The Morgan fingerprint density at radius 3 is 1.74 bits per heavy atom. The predicted molar refractivity (Wildman–Crippen MR) is 155 cm³/mol. The van der Waals surface area contributed by atoms with Gasteiger partial charge < -0.3 is 9.64 Å². The molecule has 1 aliphatic carbocycles. The molecule has 1 heterocycles. The molecule has 2 nitrogen and oxygen atoms in total. The van der Waals surface area contributed by atoms with Gasteiger partial charge in [-0.2, -0.15) is 0 Å². The normalized spacial score (nSPS) is 20.2. The molecule has 2 atom stereocenters. The van der Waals surface area contributed by atoms with E-state index >= 15 is 0 Å². The van der Waals surface area contributed by atoms with Crippen molar-refractivity contribution in [2.45, 2.75) is 169 Å². The van der Waals surface area contributed by atoms with E-state index in [2.05, 4.69) is 32.6 Å². The lowest BCUT2D eigenvalue weighted by Gasteiger charge is -2.52. The summed E-state index contributed by atoms with van der Waals surface area (Å²) in [6.45, 7) is 14.4. The summed E-state index contributed by atoms with van der Waals surface area (Å²) in [5.74, 6) is 1.86. The molecule has 0 aromatic rings. The lowest BCUT2D eigenvalue weighted by Crippen LogP contribution is -2.50. The summed E-state index contributed by atoms with van der Waals surface area (Å²) in [7, 11) is 0. The van der Waals surface area contributed by atoms with Crippen molar-refractivity contribution in [2.24, 2.45) is 17.3 Å². The molecule has 0 radical (unpaired) electrons. The minimum absolute atomic E-state index is 0.573. The molecule has 2 unspecified atom stereocenters. The van der Waals surface area contributed by atoms with Crippen LogP contribution in [0, 0.1) is 17.3 Å². The molecule has 0 bridgehead atoms. The van der Waals surface area contributed by atoms with Gasteiger partial charge in [-0.3, -0.25) is 0 Å². The van der Waals surface area contributed by atoms with Gasteiger partial charge in [0, 0.05) is 13.2 Å². The topological polar surface area (TPSA) is 12.5 Å². The Morgan fingerprint density at radius 1 is 0.629 bits per heavy atom. The number of nitrogens with zero attached hydrogens (tertiary/aromatic N) is 1. The summed E-state index contributed by atoms with van der Waals surface area (Å²) in [4.78, 5) is 2.84. The number of rotatable bonds is 22. The Kier molecular flexibility index (Phi) is 17.0. The van der Waals surface area contributed by atoms with E-state index in [4.69, 9.17) is 4.74 Å². The highest BCUT2D eigenvalue weighted by Crippen LogP contribution is 2.50. The molecule has 2 aliphatic rings. The molecular formula is C33H65NO. The van der Waals surface area contributed by atoms with Crippen molar-refractivity contribution in [2.75, 3.05) is 26.2 Å². The van der Waals surface area contributed by atoms with Crippen LogP contribution in [-0.2, 0) is 4.74 Å². The Balaban J connectivity index is 1.63. The molecule has 2 fully saturated rings. The van der Waals surface area contributed by atoms with Gasteiger partial charge in [-0.1, -0.05) is 118 Å². The minimum atomic E-state index is 0.573. The van der Waals surface area contributed by atoms with E-state index < -0.39 is 0 Å². The smallest absolute Gasteiger partial charge is 0.0585 e. The van der Waals surface area contributed by atoms with Gasteiger partial charge in [-0.25, -0.2) is 0 Å². The molecule has 0 N–H and O–H groups in total. The summed E-state index contributed by atoms with van der Waals surface area (Å²) in [6, 6.07) is 0. The maximum absolute atomic E-state index is 6.42. The van der Waals surface area contributed by atoms with Crippen molar-refractivity contribution >= 4 is 0 Å². The maximum atomic E-state index is 6.42. The van der Waals surface area contributed by atoms with Crippen molar-refractivity contribution in [3.63, 3.8) is 0 Å². The van der Waals surface area contributed by atoms with Gasteiger partial charge in [-0.05, 0) is 75.3 Å². The fraction of sp³-hybridized carbons (Fsp3) is 1.00.